The number of sulfonamides is 1. The van der Waals surface area contributed by atoms with Crippen LogP contribution in [0, 0.1) is 6.92 Å². The van der Waals surface area contributed by atoms with E-state index < -0.39 is 10.0 Å². The molecule has 134 valence electrons. The molecule has 3 rings (SSSR count). The summed E-state index contributed by atoms with van der Waals surface area (Å²) in [5.74, 6) is 0.275. The molecule has 6 nitrogen and oxygen atoms in total. The lowest BCUT2D eigenvalue weighted by atomic mass is 10.1. The van der Waals surface area contributed by atoms with Gasteiger partial charge in [-0.15, -0.1) is 0 Å². The van der Waals surface area contributed by atoms with Crippen molar-refractivity contribution in [2.75, 3.05) is 5.32 Å². The molecule has 0 aliphatic carbocycles. The summed E-state index contributed by atoms with van der Waals surface area (Å²) in [6, 6.07) is 16.8. The maximum absolute atomic E-state index is 12.4. The molecular weight excluding hydrogens is 352 g/mol. The summed E-state index contributed by atoms with van der Waals surface area (Å²) < 4.78 is 32.4. The molecule has 2 aromatic carbocycles. The number of hydrogen-bond acceptors (Lipinski definition) is 4. The number of hydrogen-bond donors (Lipinski definition) is 2. The average Bonchev–Trinajstić information content (AvgIpc) is 3.16. The topological polar surface area (TPSA) is 88.4 Å². The summed E-state index contributed by atoms with van der Waals surface area (Å²) in [4.78, 5) is 12.4. The Morgan fingerprint density at radius 1 is 1.04 bits per heavy atom. The van der Waals surface area contributed by atoms with Crippen LogP contribution in [0.3, 0.4) is 0 Å². The second-order valence-electron chi connectivity index (χ2n) is 5.70. The van der Waals surface area contributed by atoms with E-state index in [-0.39, 0.29) is 17.3 Å². The zero-order valence-corrected chi connectivity index (χ0v) is 14.9. The van der Waals surface area contributed by atoms with Gasteiger partial charge in [-0.3, -0.25) is 4.79 Å². The molecule has 3 aromatic rings. The third-order valence-electron chi connectivity index (χ3n) is 3.81. The van der Waals surface area contributed by atoms with Crippen molar-refractivity contribution in [3.63, 3.8) is 0 Å². The number of amides is 1. The van der Waals surface area contributed by atoms with Crippen LogP contribution < -0.4 is 10.0 Å². The lowest BCUT2D eigenvalue weighted by Gasteiger charge is -2.11. The van der Waals surface area contributed by atoms with Crippen molar-refractivity contribution < 1.29 is 17.6 Å². The minimum Gasteiger partial charge on any atom is -0.468 e. The molecule has 0 bridgehead atoms. The second kappa shape index (κ2) is 7.55. The molecule has 1 heterocycles. The van der Waals surface area contributed by atoms with Crippen LogP contribution in [0.2, 0.25) is 0 Å². The summed E-state index contributed by atoms with van der Waals surface area (Å²) in [6.45, 7) is 1.81. The van der Waals surface area contributed by atoms with Crippen molar-refractivity contribution in [3.8, 4) is 0 Å². The number of rotatable bonds is 6. The van der Waals surface area contributed by atoms with Crippen LogP contribution in [-0.4, -0.2) is 14.3 Å². The molecule has 1 aromatic heterocycles. The van der Waals surface area contributed by atoms with Crippen molar-refractivity contribution in [2.24, 2.45) is 0 Å². The third kappa shape index (κ3) is 4.19. The SMILES string of the molecule is Cc1cc(S(=O)(=O)NCc2ccco2)ccc1NC(=O)c1ccccc1. The van der Waals surface area contributed by atoms with Gasteiger partial charge in [0.15, 0.2) is 0 Å². The Kier molecular flexibility index (Phi) is 5.20. The molecule has 26 heavy (non-hydrogen) atoms. The summed E-state index contributed by atoms with van der Waals surface area (Å²) in [5, 5.41) is 2.79. The predicted molar refractivity (Wildman–Crippen MR) is 98.3 cm³/mol. The van der Waals surface area contributed by atoms with E-state index in [1.165, 1.54) is 18.4 Å². The van der Waals surface area contributed by atoms with E-state index >= 15 is 0 Å². The van der Waals surface area contributed by atoms with Gasteiger partial charge in [-0.05, 0) is 55.0 Å². The molecule has 0 saturated carbocycles. The molecule has 2 N–H and O–H groups in total. The fraction of sp³-hybridized carbons (Fsp3) is 0.105. The van der Waals surface area contributed by atoms with Crippen molar-refractivity contribution in [1.29, 1.82) is 0 Å². The van der Waals surface area contributed by atoms with Gasteiger partial charge in [0, 0.05) is 11.3 Å². The summed E-state index contributed by atoms with van der Waals surface area (Å²) in [6.07, 6.45) is 1.48. The number of carbonyl (C=O) groups excluding carboxylic acids is 1. The highest BCUT2D eigenvalue weighted by Crippen LogP contribution is 2.20. The second-order valence-corrected chi connectivity index (χ2v) is 7.47. The van der Waals surface area contributed by atoms with Gasteiger partial charge in [-0.2, -0.15) is 0 Å². The number of carbonyl (C=O) groups is 1. The fourth-order valence-electron chi connectivity index (χ4n) is 2.39. The van der Waals surface area contributed by atoms with Crippen molar-refractivity contribution in [3.05, 3.63) is 83.8 Å². The molecule has 7 heteroatoms. The first kappa shape index (κ1) is 17.9. The number of nitrogens with one attached hydrogen (secondary N) is 2. The minimum absolute atomic E-state index is 0.0703. The van der Waals surface area contributed by atoms with Crippen molar-refractivity contribution >= 4 is 21.6 Å². The summed E-state index contributed by atoms with van der Waals surface area (Å²) in [5.41, 5.74) is 1.74. The smallest absolute Gasteiger partial charge is 0.255 e. The van der Waals surface area contributed by atoms with E-state index in [4.69, 9.17) is 4.42 Å². The van der Waals surface area contributed by atoms with E-state index in [1.807, 2.05) is 6.07 Å². The van der Waals surface area contributed by atoms with Crippen LogP contribution in [0.15, 0.2) is 76.2 Å². The summed E-state index contributed by atoms with van der Waals surface area (Å²) >= 11 is 0. The van der Waals surface area contributed by atoms with E-state index in [2.05, 4.69) is 10.0 Å². The Labute approximate surface area is 151 Å². The first-order valence-electron chi connectivity index (χ1n) is 7.95. The monoisotopic (exact) mass is 370 g/mol. The third-order valence-corrected chi connectivity index (χ3v) is 5.21. The van der Waals surface area contributed by atoms with Gasteiger partial charge >= 0.3 is 0 Å². The van der Waals surface area contributed by atoms with Crippen LogP contribution in [-0.2, 0) is 16.6 Å². The Morgan fingerprint density at radius 2 is 1.81 bits per heavy atom. The highest BCUT2D eigenvalue weighted by Gasteiger charge is 2.16. The minimum atomic E-state index is -3.68. The van der Waals surface area contributed by atoms with Gasteiger partial charge in [0.05, 0.1) is 17.7 Å². The van der Waals surface area contributed by atoms with Gasteiger partial charge in [0.1, 0.15) is 5.76 Å². The molecular formula is C19H18N2O4S. The highest BCUT2D eigenvalue weighted by atomic mass is 32.2. The Balaban J connectivity index is 1.73. The largest absolute Gasteiger partial charge is 0.468 e. The maximum atomic E-state index is 12.4. The van der Waals surface area contributed by atoms with Gasteiger partial charge < -0.3 is 9.73 Å². The molecule has 0 atom stereocenters. The van der Waals surface area contributed by atoms with Crippen LogP contribution in [0.4, 0.5) is 5.69 Å². The van der Waals surface area contributed by atoms with Crippen LogP contribution in [0.5, 0.6) is 0 Å². The van der Waals surface area contributed by atoms with E-state index in [0.29, 0.717) is 22.6 Å². The predicted octanol–water partition coefficient (Wildman–Crippen LogP) is 3.32. The Morgan fingerprint density at radius 3 is 2.46 bits per heavy atom. The quantitative estimate of drug-likeness (QED) is 0.697. The fourth-order valence-corrected chi connectivity index (χ4v) is 3.47. The molecule has 0 radical (unpaired) electrons. The number of furan rings is 1. The first-order chi connectivity index (χ1) is 12.5. The van der Waals surface area contributed by atoms with Crippen LogP contribution in [0.25, 0.3) is 0 Å². The molecule has 0 aliphatic heterocycles. The standard InChI is InChI=1S/C19H18N2O4S/c1-14-12-17(26(23,24)20-13-16-8-5-11-25-16)9-10-18(14)21-19(22)15-6-3-2-4-7-15/h2-12,20H,13H2,1H3,(H,21,22). The number of benzene rings is 2. The van der Waals surface area contributed by atoms with Crippen LogP contribution >= 0.6 is 0 Å². The summed E-state index contributed by atoms with van der Waals surface area (Å²) in [7, 11) is -3.68. The van der Waals surface area contributed by atoms with Gasteiger partial charge in [0.25, 0.3) is 5.91 Å². The molecule has 0 unspecified atom stereocenters. The zero-order chi connectivity index (χ0) is 18.6. The molecule has 0 fully saturated rings. The lowest BCUT2D eigenvalue weighted by Crippen LogP contribution is -2.23. The van der Waals surface area contributed by atoms with E-state index in [9.17, 15) is 13.2 Å². The van der Waals surface area contributed by atoms with Gasteiger partial charge in [0.2, 0.25) is 10.0 Å². The van der Waals surface area contributed by atoms with Crippen molar-refractivity contribution in [2.45, 2.75) is 18.4 Å². The van der Waals surface area contributed by atoms with Crippen molar-refractivity contribution in [1.82, 2.24) is 4.72 Å². The van der Waals surface area contributed by atoms with E-state index in [0.717, 1.165) is 0 Å². The lowest BCUT2D eigenvalue weighted by molar-refractivity contribution is 0.102. The number of aryl methyl sites for hydroxylation is 1. The van der Waals surface area contributed by atoms with Crippen LogP contribution in [0.1, 0.15) is 21.7 Å². The van der Waals surface area contributed by atoms with Gasteiger partial charge in [-0.25, -0.2) is 13.1 Å². The molecule has 0 spiro atoms. The average molecular weight is 370 g/mol. The molecule has 0 aliphatic rings. The first-order valence-corrected chi connectivity index (χ1v) is 9.43. The highest BCUT2D eigenvalue weighted by molar-refractivity contribution is 7.89. The Hall–Kier alpha value is -2.90. The zero-order valence-electron chi connectivity index (χ0n) is 14.1. The van der Waals surface area contributed by atoms with E-state index in [1.54, 1.807) is 49.4 Å². The Bertz CT molecular complexity index is 997. The molecule has 0 saturated heterocycles. The normalized spacial score (nSPS) is 11.3. The maximum Gasteiger partial charge on any atom is 0.255 e. The molecule has 1 amide bonds. The van der Waals surface area contributed by atoms with Gasteiger partial charge in [-0.1, -0.05) is 18.2 Å². The number of anilines is 1.